The number of rotatable bonds is 9. The summed E-state index contributed by atoms with van der Waals surface area (Å²) in [4.78, 5) is 26.7. The predicted octanol–water partition coefficient (Wildman–Crippen LogP) is 1.51. The van der Waals surface area contributed by atoms with Gasteiger partial charge in [0.1, 0.15) is 6.54 Å². The van der Waals surface area contributed by atoms with E-state index in [0.29, 0.717) is 19.8 Å². The molecule has 0 radical (unpaired) electrons. The molecule has 0 aliphatic rings. The van der Waals surface area contributed by atoms with Gasteiger partial charge >= 0.3 is 5.97 Å². The summed E-state index contributed by atoms with van der Waals surface area (Å²) in [5, 5.41) is 11.6. The predicted molar refractivity (Wildman–Crippen MR) is 89.9 cm³/mol. The van der Waals surface area contributed by atoms with Gasteiger partial charge in [0.2, 0.25) is 0 Å². The van der Waals surface area contributed by atoms with Crippen LogP contribution < -0.4 is 10.9 Å². The maximum Gasteiger partial charge on any atom is 0.323 e. The number of aromatic nitrogens is 2. The molecule has 0 aliphatic heterocycles. The van der Waals surface area contributed by atoms with E-state index in [1.165, 1.54) is 12.4 Å². The highest BCUT2D eigenvalue weighted by molar-refractivity contribution is 5.66. The maximum atomic E-state index is 12.0. The van der Waals surface area contributed by atoms with Crippen LogP contribution in [0.3, 0.4) is 0 Å². The zero-order chi connectivity index (χ0) is 17.4. The Morgan fingerprint density at radius 1 is 1.33 bits per heavy atom. The number of nitrogens with zero attached hydrogens (tertiary/aromatic N) is 2. The number of carbonyl (C=O) groups is 1. The van der Waals surface area contributed by atoms with Gasteiger partial charge in [-0.3, -0.25) is 14.2 Å². The van der Waals surface area contributed by atoms with Crippen molar-refractivity contribution in [1.29, 1.82) is 0 Å². The van der Waals surface area contributed by atoms with E-state index in [1.807, 2.05) is 30.3 Å². The third-order valence-corrected chi connectivity index (χ3v) is 3.14. The molecule has 24 heavy (non-hydrogen) atoms. The molecule has 7 heteroatoms. The highest BCUT2D eigenvalue weighted by atomic mass is 16.5. The Bertz CT molecular complexity index is 756. The topological polar surface area (TPSA) is 93.5 Å². The summed E-state index contributed by atoms with van der Waals surface area (Å²) in [6, 6.07) is 9.77. The van der Waals surface area contributed by atoms with Gasteiger partial charge in [0.05, 0.1) is 13.2 Å². The summed E-state index contributed by atoms with van der Waals surface area (Å²) in [5.41, 5.74) is 1.33. The van der Waals surface area contributed by atoms with E-state index in [4.69, 9.17) is 9.84 Å². The number of ether oxygens (including phenoxy) is 1. The first-order chi connectivity index (χ1) is 11.6. The molecular weight excluding hydrogens is 310 g/mol. The SMILES string of the molecule is C=C(CNc1nccn(CC(=O)O)c1=O)COCc1ccccc1. The quantitative estimate of drug-likeness (QED) is 0.678. The molecule has 2 rings (SSSR count). The van der Waals surface area contributed by atoms with Gasteiger partial charge in [-0.05, 0) is 11.1 Å². The highest BCUT2D eigenvalue weighted by Gasteiger charge is 2.07. The van der Waals surface area contributed by atoms with E-state index < -0.39 is 18.1 Å². The lowest BCUT2D eigenvalue weighted by Gasteiger charge is -2.10. The molecule has 1 heterocycles. The van der Waals surface area contributed by atoms with Crippen molar-refractivity contribution in [2.75, 3.05) is 18.5 Å². The van der Waals surface area contributed by atoms with Crippen molar-refractivity contribution in [3.05, 3.63) is 70.8 Å². The monoisotopic (exact) mass is 329 g/mol. The Balaban J connectivity index is 1.81. The minimum Gasteiger partial charge on any atom is -0.480 e. The minimum absolute atomic E-state index is 0.0861. The highest BCUT2D eigenvalue weighted by Crippen LogP contribution is 2.03. The van der Waals surface area contributed by atoms with Crippen molar-refractivity contribution >= 4 is 11.8 Å². The number of nitrogens with one attached hydrogen (secondary N) is 1. The molecule has 0 atom stereocenters. The second kappa shape index (κ2) is 8.64. The van der Waals surface area contributed by atoms with Crippen LogP contribution in [0.4, 0.5) is 5.82 Å². The van der Waals surface area contributed by atoms with Gasteiger partial charge in [-0.15, -0.1) is 0 Å². The second-order valence-corrected chi connectivity index (χ2v) is 5.18. The summed E-state index contributed by atoms with van der Waals surface area (Å²) >= 11 is 0. The van der Waals surface area contributed by atoms with Gasteiger partial charge in [0, 0.05) is 18.9 Å². The first-order valence-corrected chi connectivity index (χ1v) is 7.35. The van der Waals surface area contributed by atoms with Gasteiger partial charge in [0.25, 0.3) is 5.56 Å². The number of aliphatic carboxylic acids is 1. The summed E-state index contributed by atoms with van der Waals surface area (Å²) in [7, 11) is 0. The number of carboxylic acid groups (broad SMARTS) is 1. The van der Waals surface area contributed by atoms with Gasteiger partial charge in [-0.2, -0.15) is 0 Å². The Hall–Kier alpha value is -2.93. The van der Waals surface area contributed by atoms with Gasteiger partial charge in [-0.25, -0.2) is 4.98 Å². The van der Waals surface area contributed by atoms with Crippen LogP contribution in [0.1, 0.15) is 5.56 Å². The molecule has 0 bridgehead atoms. The molecule has 0 unspecified atom stereocenters. The molecule has 126 valence electrons. The van der Waals surface area contributed by atoms with Crippen molar-refractivity contribution in [3.63, 3.8) is 0 Å². The van der Waals surface area contributed by atoms with Crippen LogP contribution >= 0.6 is 0 Å². The number of benzene rings is 1. The van der Waals surface area contributed by atoms with Crippen molar-refractivity contribution in [1.82, 2.24) is 9.55 Å². The fourth-order valence-electron chi connectivity index (χ4n) is 1.99. The van der Waals surface area contributed by atoms with Crippen molar-refractivity contribution < 1.29 is 14.6 Å². The van der Waals surface area contributed by atoms with Gasteiger partial charge < -0.3 is 15.2 Å². The molecule has 1 aromatic heterocycles. The Morgan fingerprint density at radius 3 is 2.79 bits per heavy atom. The first kappa shape index (κ1) is 17.4. The normalized spacial score (nSPS) is 10.3. The fraction of sp³-hybridized carbons (Fsp3) is 0.235. The van der Waals surface area contributed by atoms with Crippen LogP contribution in [0.15, 0.2) is 59.7 Å². The van der Waals surface area contributed by atoms with Crippen LogP contribution in [-0.2, 0) is 22.7 Å². The van der Waals surface area contributed by atoms with Crippen molar-refractivity contribution in [2.45, 2.75) is 13.2 Å². The van der Waals surface area contributed by atoms with Gasteiger partial charge in [-0.1, -0.05) is 36.9 Å². The zero-order valence-electron chi connectivity index (χ0n) is 13.1. The maximum absolute atomic E-state index is 12.0. The number of anilines is 1. The van der Waals surface area contributed by atoms with Crippen LogP contribution in [0, 0.1) is 0 Å². The lowest BCUT2D eigenvalue weighted by molar-refractivity contribution is -0.137. The fourth-order valence-corrected chi connectivity index (χ4v) is 1.99. The van der Waals surface area contributed by atoms with E-state index in [9.17, 15) is 9.59 Å². The lowest BCUT2D eigenvalue weighted by atomic mass is 10.2. The first-order valence-electron chi connectivity index (χ1n) is 7.35. The molecule has 2 N–H and O–H groups in total. The van der Waals surface area contributed by atoms with E-state index in [-0.39, 0.29) is 5.82 Å². The summed E-state index contributed by atoms with van der Waals surface area (Å²) < 4.78 is 6.63. The van der Waals surface area contributed by atoms with E-state index in [2.05, 4.69) is 16.9 Å². The molecule has 0 spiro atoms. The second-order valence-electron chi connectivity index (χ2n) is 5.18. The summed E-state index contributed by atoms with van der Waals surface area (Å²) in [6.45, 7) is 4.62. The zero-order valence-corrected chi connectivity index (χ0v) is 13.1. The molecule has 0 saturated heterocycles. The average molecular weight is 329 g/mol. The van der Waals surface area contributed by atoms with Crippen molar-refractivity contribution in [2.24, 2.45) is 0 Å². The number of carboxylic acids is 1. The van der Waals surface area contributed by atoms with E-state index in [0.717, 1.165) is 15.7 Å². The smallest absolute Gasteiger partial charge is 0.323 e. The molecule has 0 amide bonds. The van der Waals surface area contributed by atoms with Crippen LogP contribution in [0.2, 0.25) is 0 Å². The number of hydrogen-bond acceptors (Lipinski definition) is 5. The van der Waals surface area contributed by atoms with E-state index >= 15 is 0 Å². The molecule has 1 aromatic carbocycles. The molecule has 0 saturated carbocycles. The molecular formula is C17H19N3O4. The van der Waals surface area contributed by atoms with Crippen LogP contribution in [0.5, 0.6) is 0 Å². The average Bonchev–Trinajstić information content (AvgIpc) is 2.56. The minimum atomic E-state index is -1.09. The Labute approximate surface area is 139 Å². The standard InChI is InChI=1S/C17H19N3O4/c1-13(11-24-12-14-5-3-2-4-6-14)9-19-16-17(23)20(8-7-18-16)10-15(21)22/h2-8H,1,9-12H2,(H,18,19)(H,21,22). The largest absolute Gasteiger partial charge is 0.480 e. The molecule has 2 aromatic rings. The third-order valence-electron chi connectivity index (χ3n) is 3.14. The van der Waals surface area contributed by atoms with Crippen LogP contribution in [-0.4, -0.2) is 33.8 Å². The Morgan fingerprint density at radius 2 is 2.08 bits per heavy atom. The summed E-state index contributed by atoms with van der Waals surface area (Å²) in [6.07, 6.45) is 2.71. The van der Waals surface area contributed by atoms with E-state index in [1.54, 1.807) is 0 Å². The summed E-state index contributed by atoms with van der Waals surface area (Å²) in [5.74, 6) is -1.00. The molecule has 0 fully saturated rings. The third kappa shape index (κ3) is 5.36. The van der Waals surface area contributed by atoms with Gasteiger partial charge in [0.15, 0.2) is 5.82 Å². The molecule has 0 aliphatic carbocycles. The lowest BCUT2D eigenvalue weighted by Crippen LogP contribution is -2.27. The molecule has 7 nitrogen and oxygen atoms in total. The van der Waals surface area contributed by atoms with Crippen molar-refractivity contribution in [3.8, 4) is 0 Å². The van der Waals surface area contributed by atoms with Crippen LogP contribution in [0.25, 0.3) is 0 Å². The number of hydrogen-bond donors (Lipinski definition) is 2. The Kier molecular flexibility index (Phi) is 6.27.